The third-order valence-electron chi connectivity index (χ3n) is 1.85. The zero-order valence-corrected chi connectivity index (χ0v) is 7.93. The molecule has 0 N–H and O–H groups in total. The van der Waals surface area contributed by atoms with E-state index in [-0.39, 0.29) is 0 Å². The van der Waals surface area contributed by atoms with Crippen molar-refractivity contribution in [1.29, 1.82) is 0 Å². The van der Waals surface area contributed by atoms with E-state index in [9.17, 15) is 0 Å². The van der Waals surface area contributed by atoms with E-state index in [1.54, 1.807) is 11.5 Å². The highest BCUT2D eigenvalue weighted by molar-refractivity contribution is 7.13. The number of hydrogen-bond donors (Lipinski definition) is 0. The zero-order chi connectivity index (χ0) is 8.55. The maximum atomic E-state index is 4.40. The molecule has 0 aliphatic heterocycles. The van der Waals surface area contributed by atoms with Gasteiger partial charge < -0.3 is 0 Å². The van der Waals surface area contributed by atoms with Gasteiger partial charge in [-0.1, -0.05) is 13.8 Å². The minimum absolute atomic E-state index is 0.489. The van der Waals surface area contributed by atoms with Gasteiger partial charge in [0.15, 0.2) is 0 Å². The molecule has 2 heterocycles. The van der Waals surface area contributed by atoms with Crippen LogP contribution < -0.4 is 0 Å². The monoisotopic (exact) mass is 178 g/mol. The molecule has 2 rings (SSSR count). The second kappa shape index (κ2) is 2.83. The Bertz CT molecular complexity index is 392. The van der Waals surface area contributed by atoms with Crippen LogP contribution in [0.25, 0.3) is 10.1 Å². The molecule has 0 aromatic carbocycles. The number of rotatable bonds is 1. The van der Waals surface area contributed by atoms with Crippen LogP contribution in [0.5, 0.6) is 0 Å². The Labute approximate surface area is 75.4 Å². The fourth-order valence-electron chi connectivity index (χ4n) is 1.22. The first-order chi connectivity index (χ1) is 5.79. The molecule has 0 aliphatic rings. The Morgan fingerprint density at radius 3 is 3.00 bits per heavy atom. The Morgan fingerprint density at radius 1 is 1.42 bits per heavy atom. The van der Waals surface area contributed by atoms with E-state index in [1.807, 2.05) is 18.5 Å². The Kier molecular flexibility index (Phi) is 1.81. The predicted molar refractivity (Wildman–Crippen MR) is 51.5 cm³/mol. The number of nitrogens with zero attached hydrogens (tertiary/aromatic N) is 2. The largest absolute Gasteiger partial charge is 0.264 e. The zero-order valence-electron chi connectivity index (χ0n) is 7.11. The molecule has 0 saturated heterocycles. The maximum absolute atomic E-state index is 4.40. The molecule has 2 aromatic rings. The lowest BCUT2D eigenvalue weighted by Gasteiger charge is -1.98. The lowest BCUT2D eigenvalue weighted by Crippen LogP contribution is -1.86. The summed E-state index contributed by atoms with van der Waals surface area (Å²) >= 11 is 1.55. The van der Waals surface area contributed by atoms with Gasteiger partial charge in [0, 0.05) is 17.8 Å². The van der Waals surface area contributed by atoms with Crippen LogP contribution in [0.1, 0.15) is 25.5 Å². The Morgan fingerprint density at radius 2 is 2.25 bits per heavy atom. The molecule has 3 heteroatoms. The van der Waals surface area contributed by atoms with Gasteiger partial charge in [-0.2, -0.15) is 4.37 Å². The van der Waals surface area contributed by atoms with E-state index in [0.29, 0.717) is 5.92 Å². The molecule has 0 amide bonds. The Hall–Kier alpha value is -0.960. The molecule has 62 valence electrons. The molecule has 0 bridgehead atoms. The van der Waals surface area contributed by atoms with E-state index in [4.69, 9.17) is 0 Å². The smallest absolute Gasteiger partial charge is 0.0661 e. The first kappa shape index (κ1) is 7.68. The molecule has 0 aliphatic carbocycles. The summed E-state index contributed by atoms with van der Waals surface area (Å²) < 4.78 is 5.63. The van der Waals surface area contributed by atoms with Gasteiger partial charge in [-0.25, -0.2) is 0 Å². The van der Waals surface area contributed by atoms with E-state index in [2.05, 4.69) is 23.2 Å². The highest BCUT2D eigenvalue weighted by Crippen LogP contribution is 2.26. The Balaban J connectivity index is 2.70. The van der Waals surface area contributed by atoms with Crippen molar-refractivity contribution in [1.82, 2.24) is 9.36 Å². The predicted octanol–water partition coefficient (Wildman–Crippen LogP) is 2.81. The van der Waals surface area contributed by atoms with Crippen molar-refractivity contribution < 1.29 is 0 Å². The van der Waals surface area contributed by atoms with Crippen LogP contribution >= 0.6 is 11.5 Å². The first-order valence-electron chi connectivity index (χ1n) is 3.98. The number of aromatic nitrogens is 2. The van der Waals surface area contributed by atoms with Crippen molar-refractivity contribution in [3.63, 3.8) is 0 Å². The number of pyridine rings is 1. The summed E-state index contributed by atoms with van der Waals surface area (Å²) in [4.78, 5) is 4.09. The van der Waals surface area contributed by atoms with Crippen LogP contribution in [0.2, 0.25) is 0 Å². The highest BCUT2D eigenvalue weighted by Gasteiger charge is 2.08. The van der Waals surface area contributed by atoms with Crippen LogP contribution in [0.3, 0.4) is 0 Å². The second-order valence-electron chi connectivity index (χ2n) is 3.09. The van der Waals surface area contributed by atoms with Crippen LogP contribution in [-0.2, 0) is 0 Å². The third kappa shape index (κ3) is 1.10. The second-order valence-corrected chi connectivity index (χ2v) is 3.90. The molecule has 12 heavy (non-hydrogen) atoms. The molecular weight excluding hydrogens is 168 g/mol. The standard InChI is InChI=1S/C9H10N2S/c1-6(2)9-7-5-10-4-3-8(7)12-11-9/h3-6H,1-2H3. The number of fused-ring (bicyclic) bond motifs is 1. The van der Waals surface area contributed by atoms with Crippen LogP contribution in [-0.4, -0.2) is 9.36 Å². The van der Waals surface area contributed by atoms with Gasteiger partial charge in [-0.05, 0) is 23.5 Å². The van der Waals surface area contributed by atoms with Crippen molar-refractivity contribution >= 4 is 21.6 Å². The summed E-state index contributed by atoms with van der Waals surface area (Å²) in [5, 5.41) is 1.21. The van der Waals surface area contributed by atoms with Gasteiger partial charge in [-0.15, -0.1) is 0 Å². The molecule has 2 aromatic heterocycles. The van der Waals surface area contributed by atoms with E-state index in [1.165, 1.54) is 15.8 Å². The number of hydrogen-bond acceptors (Lipinski definition) is 3. The quantitative estimate of drug-likeness (QED) is 0.671. The lowest BCUT2D eigenvalue weighted by molar-refractivity contribution is 0.849. The summed E-state index contributed by atoms with van der Waals surface area (Å²) in [5.41, 5.74) is 1.17. The molecular formula is C9H10N2S. The van der Waals surface area contributed by atoms with E-state index in [0.717, 1.165) is 0 Å². The molecule has 0 atom stereocenters. The van der Waals surface area contributed by atoms with Gasteiger partial charge in [0.1, 0.15) is 0 Å². The summed E-state index contributed by atoms with van der Waals surface area (Å²) in [6.07, 6.45) is 3.71. The van der Waals surface area contributed by atoms with Crippen molar-refractivity contribution in [2.75, 3.05) is 0 Å². The molecule has 0 unspecified atom stereocenters. The van der Waals surface area contributed by atoms with Gasteiger partial charge >= 0.3 is 0 Å². The minimum Gasteiger partial charge on any atom is -0.264 e. The van der Waals surface area contributed by atoms with Crippen LogP contribution in [0.15, 0.2) is 18.5 Å². The first-order valence-corrected chi connectivity index (χ1v) is 4.75. The molecule has 0 spiro atoms. The van der Waals surface area contributed by atoms with Gasteiger partial charge in [0.05, 0.1) is 10.4 Å². The summed E-state index contributed by atoms with van der Waals surface area (Å²) in [6, 6.07) is 2.01. The molecule has 0 saturated carbocycles. The summed E-state index contributed by atoms with van der Waals surface area (Å²) in [6.45, 7) is 4.31. The van der Waals surface area contributed by atoms with E-state index >= 15 is 0 Å². The van der Waals surface area contributed by atoms with Crippen molar-refractivity contribution in [2.45, 2.75) is 19.8 Å². The topological polar surface area (TPSA) is 25.8 Å². The van der Waals surface area contributed by atoms with Crippen molar-refractivity contribution in [3.05, 3.63) is 24.2 Å². The van der Waals surface area contributed by atoms with Gasteiger partial charge in [0.2, 0.25) is 0 Å². The average molecular weight is 178 g/mol. The molecule has 0 fully saturated rings. The molecule has 0 radical (unpaired) electrons. The minimum atomic E-state index is 0.489. The van der Waals surface area contributed by atoms with Gasteiger partial charge in [-0.3, -0.25) is 4.98 Å². The molecule has 2 nitrogen and oxygen atoms in total. The SMILES string of the molecule is CC(C)c1nsc2ccncc12. The normalized spacial score (nSPS) is 11.2. The summed E-state index contributed by atoms with van der Waals surface area (Å²) in [7, 11) is 0. The lowest BCUT2D eigenvalue weighted by atomic mass is 10.1. The summed E-state index contributed by atoms with van der Waals surface area (Å²) in [5.74, 6) is 0.489. The van der Waals surface area contributed by atoms with Crippen molar-refractivity contribution in [3.8, 4) is 0 Å². The van der Waals surface area contributed by atoms with Gasteiger partial charge in [0.25, 0.3) is 0 Å². The fourth-order valence-corrected chi connectivity index (χ4v) is 2.10. The maximum Gasteiger partial charge on any atom is 0.0661 e. The average Bonchev–Trinajstić information content (AvgIpc) is 2.47. The van der Waals surface area contributed by atoms with Crippen molar-refractivity contribution in [2.24, 2.45) is 0 Å². The van der Waals surface area contributed by atoms with Crippen LogP contribution in [0, 0.1) is 0 Å². The highest BCUT2D eigenvalue weighted by atomic mass is 32.1. The third-order valence-corrected chi connectivity index (χ3v) is 2.69. The van der Waals surface area contributed by atoms with Crippen LogP contribution in [0.4, 0.5) is 0 Å². The van der Waals surface area contributed by atoms with E-state index < -0.39 is 0 Å². The fraction of sp³-hybridized carbons (Fsp3) is 0.333.